The summed E-state index contributed by atoms with van der Waals surface area (Å²) in [5.74, 6) is 0.775. The summed E-state index contributed by atoms with van der Waals surface area (Å²) in [6.45, 7) is 3.64. The normalized spacial score (nSPS) is 17.6. The number of carbonyl (C=O) groups is 1. The van der Waals surface area contributed by atoms with E-state index in [-0.39, 0.29) is 5.12 Å². The highest BCUT2D eigenvalue weighted by molar-refractivity contribution is 9.11. The molecule has 1 aliphatic heterocycles. The molecule has 0 amide bonds. The van der Waals surface area contributed by atoms with Gasteiger partial charge in [0.2, 0.25) is 5.12 Å². The first kappa shape index (κ1) is 13.1. The van der Waals surface area contributed by atoms with E-state index in [1.165, 1.54) is 23.5 Å². The molecule has 6 heteroatoms. The molecule has 0 atom stereocenters. The highest BCUT2D eigenvalue weighted by atomic mass is 79.9. The van der Waals surface area contributed by atoms with Crippen molar-refractivity contribution in [2.45, 2.75) is 0 Å². The van der Waals surface area contributed by atoms with Crippen LogP contribution in [0, 0.1) is 0 Å². The minimum Gasteiger partial charge on any atom is -0.279 e. The van der Waals surface area contributed by atoms with Gasteiger partial charge in [-0.15, -0.1) is 17.9 Å². The minimum atomic E-state index is 0.0149. The van der Waals surface area contributed by atoms with Crippen molar-refractivity contribution < 1.29 is 4.79 Å². The molecule has 88 valence electrons. The van der Waals surface area contributed by atoms with E-state index in [1.54, 1.807) is 17.4 Å². The average molecular weight is 346 g/mol. The number of nitrogens with zero attached hydrogens (tertiary/aromatic N) is 1. The van der Waals surface area contributed by atoms with Crippen molar-refractivity contribution in [3.63, 3.8) is 0 Å². The molecule has 2 rings (SSSR count). The minimum absolute atomic E-state index is 0.0149. The summed E-state index contributed by atoms with van der Waals surface area (Å²) in [5, 5.41) is 0.0149. The van der Waals surface area contributed by atoms with Crippen LogP contribution in [0.15, 0.2) is 39.3 Å². The molecular weight excluding hydrogens is 338 g/mol. The van der Waals surface area contributed by atoms with Crippen LogP contribution >= 0.6 is 50.8 Å². The molecule has 0 bridgehead atoms. The first-order valence-corrected chi connectivity index (χ1v) is 8.12. The van der Waals surface area contributed by atoms with Crippen molar-refractivity contribution in [3.8, 4) is 0 Å². The Kier molecular flexibility index (Phi) is 4.67. The van der Waals surface area contributed by atoms with Crippen LogP contribution in [0.4, 0.5) is 0 Å². The van der Waals surface area contributed by atoms with Gasteiger partial charge in [0, 0.05) is 10.6 Å². The van der Waals surface area contributed by atoms with Crippen LogP contribution in [0.5, 0.6) is 0 Å². The zero-order chi connectivity index (χ0) is 12.3. The number of thiophene rings is 1. The molecule has 0 aromatic carbocycles. The average Bonchev–Trinajstić information content (AvgIpc) is 2.84. The number of halogens is 1. The molecule has 17 heavy (non-hydrogen) atoms. The smallest absolute Gasteiger partial charge is 0.244 e. The standard InChI is InChI=1S/C11H8BrNOS3/c1-2-5-15-11-13-8(10(14)17-11)6-7-3-4-9(12)16-7/h2-4,6H,1,5H2/b8-6-. The van der Waals surface area contributed by atoms with Crippen LogP contribution in [-0.2, 0) is 4.79 Å². The van der Waals surface area contributed by atoms with Gasteiger partial charge in [0.15, 0.2) is 0 Å². The van der Waals surface area contributed by atoms with Gasteiger partial charge in [-0.25, -0.2) is 4.99 Å². The summed E-state index contributed by atoms with van der Waals surface area (Å²) in [4.78, 5) is 17.0. The zero-order valence-electron chi connectivity index (χ0n) is 8.68. The van der Waals surface area contributed by atoms with E-state index in [2.05, 4.69) is 27.5 Å². The molecule has 0 aliphatic carbocycles. The van der Waals surface area contributed by atoms with Crippen molar-refractivity contribution in [3.05, 3.63) is 39.1 Å². The molecule has 0 unspecified atom stereocenters. The summed E-state index contributed by atoms with van der Waals surface area (Å²) in [6, 6.07) is 3.92. The van der Waals surface area contributed by atoms with E-state index in [1.807, 2.05) is 18.2 Å². The first-order valence-electron chi connectivity index (χ1n) is 4.70. The number of hydrogen-bond acceptors (Lipinski definition) is 5. The Hall–Kier alpha value is -0.300. The maximum atomic E-state index is 11.7. The van der Waals surface area contributed by atoms with E-state index in [0.29, 0.717) is 5.70 Å². The Morgan fingerprint density at radius 2 is 2.35 bits per heavy atom. The summed E-state index contributed by atoms with van der Waals surface area (Å²) in [6.07, 6.45) is 3.63. The Morgan fingerprint density at radius 1 is 1.53 bits per heavy atom. The van der Waals surface area contributed by atoms with Gasteiger partial charge in [-0.1, -0.05) is 17.8 Å². The molecule has 0 N–H and O–H groups in total. The number of hydrogen-bond donors (Lipinski definition) is 0. The maximum Gasteiger partial charge on any atom is 0.244 e. The molecule has 0 fully saturated rings. The summed E-state index contributed by atoms with van der Waals surface area (Å²) in [5.41, 5.74) is 0.524. The maximum absolute atomic E-state index is 11.7. The van der Waals surface area contributed by atoms with Crippen LogP contribution in [-0.4, -0.2) is 15.2 Å². The van der Waals surface area contributed by atoms with Gasteiger partial charge in [0.05, 0.1) is 3.79 Å². The zero-order valence-corrected chi connectivity index (χ0v) is 12.7. The van der Waals surface area contributed by atoms with Crippen LogP contribution in [0.3, 0.4) is 0 Å². The lowest BCUT2D eigenvalue weighted by molar-refractivity contribution is -0.107. The van der Waals surface area contributed by atoms with Crippen molar-refractivity contribution in [2.75, 3.05) is 5.75 Å². The van der Waals surface area contributed by atoms with Crippen molar-refractivity contribution in [1.82, 2.24) is 0 Å². The van der Waals surface area contributed by atoms with E-state index < -0.39 is 0 Å². The van der Waals surface area contributed by atoms with Gasteiger partial charge in [0.1, 0.15) is 10.1 Å². The van der Waals surface area contributed by atoms with Gasteiger partial charge in [0.25, 0.3) is 0 Å². The van der Waals surface area contributed by atoms with Gasteiger partial charge < -0.3 is 0 Å². The third-order valence-corrected chi connectivity index (χ3v) is 5.37. The monoisotopic (exact) mass is 345 g/mol. The second-order valence-electron chi connectivity index (χ2n) is 3.04. The van der Waals surface area contributed by atoms with E-state index in [9.17, 15) is 4.79 Å². The largest absolute Gasteiger partial charge is 0.279 e. The summed E-state index contributed by atoms with van der Waals surface area (Å²) < 4.78 is 1.85. The molecule has 0 spiro atoms. The van der Waals surface area contributed by atoms with E-state index in [4.69, 9.17) is 0 Å². The molecule has 0 saturated heterocycles. The van der Waals surface area contributed by atoms with Gasteiger partial charge in [-0.05, 0) is 45.9 Å². The van der Waals surface area contributed by atoms with Crippen molar-refractivity contribution >= 4 is 66.4 Å². The summed E-state index contributed by atoms with van der Waals surface area (Å²) in [7, 11) is 0. The molecule has 0 radical (unpaired) electrons. The Labute approximate surface area is 120 Å². The second-order valence-corrected chi connectivity index (χ2v) is 7.76. The SMILES string of the molecule is C=CCSC1=N/C(=C\c2ccc(Br)s2)C(=O)S1. The Bertz CT molecular complexity index is 519. The molecular formula is C11H8BrNOS3. The number of aliphatic imine (C=N–C) groups is 1. The third-order valence-electron chi connectivity index (χ3n) is 1.80. The van der Waals surface area contributed by atoms with Crippen LogP contribution < -0.4 is 0 Å². The van der Waals surface area contributed by atoms with Gasteiger partial charge >= 0.3 is 0 Å². The highest BCUT2D eigenvalue weighted by Crippen LogP contribution is 2.32. The molecule has 1 aliphatic rings. The lowest BCUT2D eigenvalue weighted by atomic mass is 10.4. The fourth-order valence-electron chi connectivity index (χ4n) is 1.12. The molecule has 1 aromatic heterocycles. The van der Waals surface area contributed by atoms with Crippen molar-refractivity contribution in [2.24, 2.45) is 4.99 Å². The number of carbonyl (C=O) groups excluding carboxylic acids is 1. The number of rotatable bonds is 3. The highest BCUT2D eigenvalue weighted by Gasteiger charge is 2.22. The summed E-state index contributed by atoms with van der Waals surface area (Å²) >= 11 is 7.70. The molecule has 2 heterocycles. The first-order chi connectivity index (χ1) is 8.19. The van der Waals surface area contributed by atoms with Crippen LogP contribution in [0.2, 0.25) is 0 Å². The molecule has 0 saturated carbocycles. The lowest BCUT2D eigenvalue weighted by Crippen LogP contribution is -1.87. The topological polar surface area (TPSA) is 29.4 Å². The fraction of sp³-hybridized carbons (Fsp3) is 0.0909. The molecule has 2 nitrogen and oxygen atoms in total. The molecule has 1 aromatic rings. The van der Waals surface area contributed by atoms with E-state index >= 15 is 0 Å². The Morgan fingerprint density at radius 3 is 3.00 bits per heavy atom. The van der Waals surface area contributed by atoms with Crippen LogP contribution in [0.1, 0.15) is 4.88 Å². The third kappa shape index (κ3) is 3.58. The second kappa shape index (κ2) is 6.04. The van der Waals surface area contributed by atoms with E-state index in [0.717, 1.165) is 18.8 Å². The quantitative estimate of drug-likeness (QED) is 0.600. The van der Waals surface area contributed by atoms with Gasteiger partial charge in [-0.2, -0.15) is 0 Å². The van der Waals surface area contributed by atoms with Gasteiger partial charge in [-0.3, -0.25) is 4.79 Å². The Balaban J connectivity index is 2.15. The van der Waals surface area contributed by atoms with Crippen molar-refractivity contribution in [1.29, 1.82) is 0 Å². The predicted octanol–water partition coefficient (Wildman–Crippen LogP) is 4.40. The van der Waals surface area contributed by atoms with Crippen LogP contribution in [0.25, 0.3) is 6.08 Å². The fourth-order valence-corrected chi connectivity index (χ4v) is 4.08. The lowest BCUT2D eigenvalue weighted by Gasteiger charge is -1.90. The predicted molar refractivity (Wildman–Crippen MR) is 82.7 cm³/mol. The number of thioether (sulfide) groups is 2.